The van der Waals surface area contributed by atoms with E-state index in [0.29, 0.717) is 23.4 Å². The van der Waals surface area contributed by atoms with Gasteiger partial charge in [-0.25, -0.2) is 0 Å². The van der Waals surface area contributed by atoms with Gasteiger partial charge in [0, 0.05) is 12.1 Å². The summed E-state index contributed by atoms with van der Waals surface area (Å²) in [6.45, 7) is 0. The fourth-order valence-corrected chi connectivity index (χ4v) is 2.94. The Kier molecular flexibility index (Phi) is 5.26. The van der Waals surface area contributed by atoms with Crippen LogP contribution in [0, 0.1) is 0 Å². The smallest absolute Gasteiger partial charge is 0.306 e. The Morgan fingerprint density at radius 3 is 2.54 bits per heavy atom. The summed E-state index contributed by atoms with van der Waals surface area (Å²) in [6, 6.07) is 11.0. The number of hydrogen-bond donors (Lipinski definition) is 2. The number of nitrogens with one attached hydrogen (secondary N) is 2. The van der Waals surface area contributed by atoms with E-state index in [-0.39, 0.29) is 12.0 Å². The van der Waals surface area contributed by atoms with Crippen LogP contribution in [0.15, 0.2) is 51.9 Å². The summed E-state index contributed by atoms with van der Waals surface area (Å²) in [7, 11) is 2.93. The Bertz CT molecular complexity index is 906. The third-order valence-electron chi connectivity index (χ3n) is 4.27. The second-order valence-electron chi connectivity index (χ2n) is 5.84. The topological polar surface area (TPSA) is 97.3 Å². The molecule has 1 atom stereocenters. The van der Waals surface area contributed by atoms with E-state index in [1.54, 1.807) is 19.2 Å². The maximum atomic E-state index is 12.4. The minimum atomic E-state index is -0.527. The number of rotatable bonds is 7. The summed E-state index contributed by atoms with van der Waals surface area (Å²) < 4.78 is 15.4. The fourth-order valence-electron chi connectivity index (χ4n) is 2.94. The lowest BCUT2D eigenvalue weighted by atomic mass is 9.91. The quantitative estimate of drug-likeness (QED) is 0.634. The largest absolute Gasteiger partial charge is 0.497 e. The molecule has 0 fully saturated rings. The van der Waals surface area contributed by atoms with Crippen LogP contribution >= 0.6 is 0 Å². The molecule has 0 radical (unpaired) electrons. The Hall–Kier alpha value is -3.22. The van der Waals surface area contributed by atoms with E-state index in [1.165, 1.54) is 13.4 Å². The van der Waals surface area contributed by atoms with Crippen molar-refractivity contribution in [3.8, 4) is 5.75 Å². The molecule has 1 aromatic carbocycles. The molecule has 2 N–H and O–H groups in total. The Morgan fingerprint density at radius 2 is 1.92 bits per heavy atom. The first-order valence-electron chi connectivity index (χ1n) is 8.15. The fraction of sp³-hybridized carbons (Fsp3) is 0.263. The van der Waals surface area contributed by atoms with Gasteiger partial charge in [0.15, 0.2) is 0 Å². The van der Waals surface area contributed by atoms with Crippen molar-refractivity contribution in [1.29, 1.82) is 0 Å². The number of esters is 1. The molecule has 0 spiro atoms. The zero-order valence-electron chi connectivity index (χ0n) is 14.6. The van der Waals surface area contributed by atoms with E-state index in [1.807, 2.05) is 24.3 Å². The molecule has 0 saturated carbocycles. The number of carbonyl (C=O) groups is 1. The second-order valence-corrected chi connectivity index (χ2v) is 5.84. The van der Waals surface area contributed by atoms with Crippen molar-refractivity contribution < 1.29 is 18.7 Å². The van der Waals surface area contributed by atoms with Crippen molar-refractivity contribution in [3.63, 3.8) is 0 Å². The van der Waals surface area contributed by atoms with Gasteiger partial charge in [0.1, 0.15) is 11.5 Å². The van der Waals surface area contributed by atoms with E-state index in [0.717, 1.165) is 11.3 Å². The van der Waals surface area contributed by atoms with Crippen LogP contribution in [0.5, 0.6) is 5.75 Å². The molecule has 3 rings (SSSR count). The lowest BCUT2D eigenvalue weighted by Gasteiger charge is -2.13. The van der Waals surface area contributed by atoms with Gasteiger partial charge in [0.2, 0.25) is 0 Å². The van der Waals surface area contributed by atoms with E-state index in [9.17, 15) is 9.59 Å². The number of methoxy groups -OCH3 is 2. The van der Waals surface area contributed by atoms with Gasteiger partial charge in [-0.3, -0.25) is 14.7 Å². The van der Waals surface area contributed by atoms with E-state index in [2.05, 4.69) is 10.2 Å². The van der Waals surface area contributed by atoms with E-state index >= 15 is 0 Å². The minimum absolute atomic E-state index is 0.0144. The molecule has 26 heavy (non-hydrogen) atoms. The summed E-state index contributed by atoms with van der Waals surface area (Å²) in [5, 5.41) is 5.54. The lowest BCUT2D eigenvalue weighted by molar-refractivity contribution is -0.140. The number of ether oxygens (including phenoxy) is 2. The van der Waals surface area contributed by atoms with Crippen LogP contribution in [-0.4, -0.2) is 30.4 Å². The number of furan rings is 1. The average Bonchev–Trinajstić information content (AvgIpc) is 3.31. The number of carbonyl (C=O) groups excluding carboxylic acids is 1. The van der Waals surface area contributed by atoms with Gasteiger partial charge in [0.05, 0.1) is 38.4 Å². The van der Waals surface area contributed by atoms with Crippen LogP contribution in [0.2, 0.25) is 0 Å². The highest BCUT2D eigenvalue weighted by molar-refractivity contribution is 5.71. The molecule has 2 heterocycles. The molecule has 136 valence electrons. The van der Waals surface area contributed by atoms with Crippen molar-refractivity contribution in [1.82, 2.24) is 10.2 Å². The summed E-state index contributed by atoms with van der Waals surface area (Å²) in [4.78, 5) is 24.3. The molecule has 0 bridgehead atoms. The number of H-pyrrole nitrogens is 2. The average molecular weight is 356 g/mol. The Labute approximate surface area is 149 Å². The zero-order valence-corrected chi connectivity index (χ0v) is 14.6. The highest BCUT2D eigenvalue weighted by Gasteiger charge is 2.27. The van der Waals surface area contributed by atoms with Crippen molar-refractivity contribution in [2.75, 3.05) is 14.2 Å². The van der Waals surface area contributed by atoms with Crippen molar-refractivity contribution in [2.45, 2.75) is 18.8 Å². The predicted octanol–water partition coefficient (Wildman–Crippen LogP) is 2.59. The highest BCUT2D eigenvalue weighted by Crippen LogP contribution is 2.29. The second kappa shape index (κ2) is 7.77. The van der Waals surface area contributed by atoms with Crippen molar-refractivity contribution in [2.24, 2.45) is 0 Å². The molecule has 0 aliphatic rings. The molecule has 0 saturated heterocycles. The first-order chi connectivity index (χ1) is 12.6. The van der Waals surface area contributed by atoms with Crippen LogP contribution in [-0.2, 0) is 16.0 Å². The third-order valence-corrected chi connectivity index (χ3v) is 4.27. The van der Waals surface area contributed by atoms with Crippen LogP contribution in [0.3, 0.4) is 0 Å². The SMILES string of the molecule is COC(=O)C[C@H](c1ccco1)c1c(Cc2ccc(OC)cc2)[nH][nH]c1=O. The summed E-state index contributed by atoms with van der Waals surface area (Å²) in [5.41, 5.74) is 1.89. The van der Waals surface area contributed by atoms with Gasteiger partial charge in [-0.2, -0.15) is 0 Å². The van der Waals surface area contributed by atoms with Gasteiger partial charge >= 0.3 is 5.97 Å². The first kappa shape index (κ1) is 17.6. The Balaban J connectivity index is 1.95. The molecule has 0 aliphatic carbocycles. The minimum Gasteiger partial charge on any atom is -0.497 e. The van der Waals surface area contributed by atoms with Crippen LogP contribution in [0.25, 0.3) is 0 Å². The van der Waals surface area contributed by atoms with Gasteiger partial charge in [-0.15, -0.1) is 0 Å². The molecule has 0 unspecified atom stereocenters. The number of benzene rings is 1. The molecule has 2 aromatic heterocycles. The van der Waals surface area contributed by atoms with Gasteiger partial charge in [-0.05, 0) is 29.8 Å². The molecule has 3 aromatic rings. The monoisotopic (exact) mass is 356 g/mol. The van der Waals surface area contributed by atoms with Gasteiger partial charge in [0.25, 0.3) is 5.56 Å². The molecular formula is C19H20N2O5. The normalized spacial score (nSPS) is 11.9. The maximum absolute atomic E-state index is 12.4. The van der Waals surface area contributed by atoms with Crippen LogP contribution < -0.4 is 10.3 Å². The van der Waals surface area contributed by atoms with Crippen molar-refractivity contribution >= 4 is 5.97 Å². The maximum Gasteiger partial charge on any atom is 0.306 e. The summed E-state index contributed by atoms with van der Waals surface area (Å²) in [6.07, 6.45) is 2.03. The van der Waals surface area contributed by atoms with Crippen LogP contribution in [0.4, 0.5) is 0 Å². The van der Waals surface area contributed by atoms with E-state index < -0.39 is 11.9 Å². The van der Waals surface area contributed by atoms with Crippen molar-refractivity contribution in [3.05, 3.63) is 75.6 Å². The highest BCUT2D eigenvalue weighted by atomic mass is 16.5. The molecule has 7 nitrogen and oxygen atoms in total. The predicted molar refractivity (Wildman–Crippen MR) is 94.4 cm³/mol. The van der Waals surface area contributed by atoms with E-state index in [4.69, 9.17) is 13.9 Å². The number of hydrogen-bond acceptors (Lipinski definition) is 5. The van der Waals surface area contributed by atoms with Crippen LogP contribution in [0.1, 0.15) is 34.9 Å². The summed E-state index contributed by atoms with van der Waals surface area (Å²) in [5.74, 6) is 0.357. The number of aromatic nitrogens is 2. The molecule has 0 aliphatic heterocycles. The molecule has 7 heteroatoms. The first-order valence-corrected chi connectivity index (χ1v) is 8.15. The summed E-state index contributed by atoms with van der Waals surface area (Å²) >= 11 is 0. The standard InChI is InChI=1S/C19H20N2O5/c1-24-13-7-5-12(6-8-13)10-15-18(19(23)21-20-15)14(11-17(22)25-2)16-4-3-9-26-16/h3-9,14H,10-11H2,1-2H3,(H2,20,21,23)/t14-/m1/s1. The molecule has 0 amide bonds. The zero-order chi connectivity index (χ0) is 18.5. The Morgan fingerprint density at radius 1 is 1.15 bits per heavy atom. The molecular weight excluding hydrogens is 336 g/mol. The third kappa shape index (κ3) is 3.72. The van der Waals surface area contributed by atoms with Gasteiger partial charge < -0.3 is 19.0 Å². The lowest BCUT2D eigenvalue weighted by Crippen LogP contribution is -2.17. The van der Waals surface area contributed by atoms with Gasteiger partial charge in [-0.1, -0.05) is 12.1 Å². The number of aromatic amines is 2.